The van der Waals surface area contributed by atoms with Crippen molar-refractivity contribution < 1.29 is 9.47 Å². The SMILES string of the molecule is C=C/C=C\C.C=CC=C.CN(C)/C(=C\C(c1ccccc1)c1ccc(-c2ccc3c(c2)Oc2ccc4c(c2O3)C2C=CC=CC2C4(C2=CCCC=C2)c2ccccc2)cc1)c1ccc(-c2ccccc2)cc1. The van der Waals surface area contributed by atoms with Crippen molar-refractivity contribution in [3.8, 4) is 45.3 Å². The maximum Gasteiger partial charge on any atom is 0.174 e. The molecular formula is C69H63NO2. The second-order valence-corrected chi connectivity index (χ2v) is 18.5. The second kappa shape index (κ2) is 22.6. The van der Waals surface area contributed by atoms with E-state index in [0.29, 0.717) is 0 Å². The van der Waals surface area contributed by atoms with E-state index < -0.39 is 0 Å². The average Bonchev–Trinajstić information content (AvgIpc) is 3.75. The van der Waals surface area contributed by atoms with Crippen LogP contribution in [0.4, 0.5) is 0 Å². The number of benzene rings is 7. The number of nitrogens with zero attached hydrogens (tertiary/aromatic N) is 1. The fourth-order valence-electron chi connectivity index (χ4n) is 10.7. The minimum absolute atomic E-state index is 0.0464. The fourth-order valence-corrected chi connectivity index (χ4v) is 10.7. The first-order chi connectivity index (χ1) is 35.4. The van der Waals surface area contributed by atoms with E-state index >= 15 is 0 Å². The molecule has 4 aliphatic rings. The quantitative estimate of drug-likeness (QED) is 0.121. The van der Waals surface area contributed by atoms with E-state index in [1.807, 2.05) is 19.1 Å². The van der Waals surface area contributed by atoms with Crippen LogP contribution >= 0.6 is 0 Å². The molecule has 0 saturated carbocycles. The predicted octanol–water partition coefficient (Wildman–Crippen LogP) is 18.2. The number of hydrogen-bond acceptors (Lipinski definition) is 3. The van der Waals surface area contributed by atoms with Crippen LogP contribution in [0.5, 0.6) is 23.0 Å². The van der Waals surface area contributed by atoms with E-state index in [-0.39, 0.29) is 23.2 Å². The van der Waals surface area contributed by atoms with Crippen LogP contribution in [0.15, 0.2) is 274 Å². The lowest BCUT2D eigenvalue weighted by molar-refractivity contribution is 0.355. The van der Waals surface area contributed by atoms with Crippen LogP contribution in [0.25, 0.3) is 28.0 Å². The summed E-state index contributed by atoms with van der Waals surface area (Å²) < 4.78 is 13.8. The maximum absolute atomic E-state index is 6.97. The Balaban J connectivity index is 0.000000657. The van der Waals surface area contributed by atoms with Gasteiger partial charge in [0.05, 0.1) is 5.41 Å². The molecule has 7 aromatic carbocycles. The van der Waals surface area contributed by atoms with Gasteiger partial charge in [-0.15, -0.1) is 0 Å². The van der Waals surface area contributed by atoms with Gasteiger partial charge in [0.1, 0.15) is 0 Å². The van der Waals surface area contributed by atoms with E-state index in [0.717, 1.165) is 47.0 Å². The van der Waals surface area contributed by atoms with Crippen LogP contribution in [0, 0.1) is 5.92 Å². The van der Waals surface area contributed by atoms with Crippen molar-refractivity contribution in [2.24, 2.45) is 5.92 Å². The Morgan fingerprint density at radius 2 is 1.22 bits per heavy atom. The van der Waals surface area contributed by atoms with Gasteiger partial charge in [-0.25, -0.2) is 0 Å². The van der Waals surface area contributed by atoms with E-state index in [2.05, 4.69) is 257 Å². The molecule has 0 N–H and O–H groups in total. The Bertz CT molecular complexity index is 3200. The van der Waals surface area contributed by atoms with Gasteiger partial charge < -0.3 is 14.4 Å². The normalized spacial score (nSPS) is 18.2. The van der Waals surface area contributed by atoms with Gasteiger partial charge in [-0.3, -0.25) is 0 Å². The Morgan fingerprint density at radius 1 is 0.611 bits per heavy atom. The number of allylic oxidation sites excluding steroid dienone is 14. The topological polar surface area (TPSA) is 21.7 Å². The van der Waals surface area contributed by atoms with Gasteiger partial charge in [-0.1, -0.05) is 244 Å². The molecule has 3 nitrogen and oxygen atoms in total. The minimum atomic E-state index is -0.342. The summed E-state index contributed by atoms with van der Waals surface area (Å²) in [5.41, 5.74) is 14.3. The van der Waals surface area contributed by atoms with E-state index in [9.17, 15) is 0 Å². The van der Waals surface area contributed by atoms with Gasteiger partial charge in [-0.05, 0) is 99.7 Å². The highest BCUT2D eigenvalue weighted by Crippen LogP contribution is 2.65. The molecule has 4 unspecified atom stereocenters. The lowest BCUT2D eigenvalue weighted by atomic mass is 9.62. The van der Waals surface area contributed by atoms with Gasteiger partial charge in [0.15, 0.2) is 23.0 Å². The summed E-state index contributed by atoms with van der Waals surface area (Å²) in [5, 5.41) is 0. The standard InChI is InChI=1S/C60H49NO2.C5H8.C4H6/c1-61(2)54(46-33-29-42(30-34-46)41-17-7-3-8-18-41)40-51(44-19-9-4-10-20-44)45-31-27-43(28-32-45)47-35-37-55-57(39-47)62-56-38-36-53-58(59(56)63-55)50-25-15-16-26-52(50)60(53,48-21-11-5-12-22-48)49-23-13-6-14-24-49;1-3-5-4-2;1-3-4-2/h3-5,7-13,15-40,50-52H,6,14H2,1-2H3;3-5H,1H2,2H3;3-4H,1-2H2/b54-40-;5-4-;. The molecular weight excluding hydrogens is 875 g/mol. The van der Waals surface area contributed by atoms with Gasteiger partial charge in [0.2, 0.25) is 0 Å². The third kappa shape index (κ3) is 9.84. The summed E-state index contributed by atoms with van der Waals surface area (Å²) in [6.07, 6.45) is 29.7. The summed E-state index contributed by atoms with van der Waals surface area (Å²) in [4.78, 5) is 2.22. The van der Waals surface area contributed by atoms with Crippen LogP contribution in [0.3, 0.4) is 0 Å². The lowest BCUT2D eigenvalue weighted by Crippen LogP contribution is -2.35. The summed E-state index contributed by atoms with van der Waals surface area (Å²) in [6, 6.07) is 61.1. The second-order valence-electron chi connectivity index (χ2n) is 18.5. The molecule has 3 heteroatoms. The first-order valence-corrected chi connectivity index (χ1v) is 25.0. The van der Waals surface area contributed by atoms with Gasteiger partial charge in [-0.2, -0.15) is 0 Å². The van der Waals surface area contributed by atoms with Gasteiger partial charge >= 0.3 is 0 Å². The highest BCUT2D eigenvalue weighted by Gasteiger charge is 2.55. The Labute approximate surface area is 427 Å². The Morgan fingerprint density at radius 3 is 1.86 bits per heavy atom. The number of fused-ring (bicyclic) bond motifs is 6. The lowest BCUT2D eigenvalue weighted by Gasteiger charge is -2.40. The molecule has 0 spiro atoms. The minimum Gasteiger partial charge on any atom is -0.449 e. The molecule has 72 heavy (non-hydrogen) atoms. The summed E-state index contributed by atoms with van der Waals surface area (Å²) >= 11 is 0. The maximum atomic E-state index is 6.97. The van der Waals surface area contributed by atoms with Crippen LogP contribution in [-0.4, -0.2) is 19.0 Å². The van der Waals surface area contributed by atoms with Gasteiger partial charge in [0, 0.05) is 43.1 Å². The molecule has 0 fully saturated rings. The zero-order valence-corrected chi connectivity index (χ0v) is 41.7. The smallest absolute Gasteiger partial charge is 0.174 e. The summed E-state index contributed by atoms with van der Waals surface area (Å²) in [5.74, 6) is 3.44. The third-order valence-corrected chi connectivity index (χ3v) is 14.0. The molecule has 356 valence electrons. The summed E-state index contributed by atoms with van der Waals surface area (Å²) in [6.45, 7) is 12.1. The molecule has 0 amide bonds. The number of hydrogen-bond donors (Lipinski definition) is 0. The van der Waals surface area contributed by atoms with Crippen LogP contribution in [0.2, 0.25) is 0 Å². The Hall–Kier alpha value is -8.40. The van der Waals surface area contributed by atoms with E-state index in [1.54, 1.807) is 18.2 Å². The van der Waals surface area contributed by atoms with Crippen LogP contribution in [0.1, 0.15) is 65.0 Å². The molecule has 11 rings (SSSR count). The molecule has 0 bridgehead atoms. The van der Waals surface area contributed by atoms with Gasteiger partial charge in [0.25, 0.3) is 0 Å². The van der Waals surface area contributed by atoms with Crippen LogP contribution in [-0.2, 0) is 5.41 Å². The molecule has 0 aromatic heterocycles. The van der Waals surface area contributed by atoms with Crippen LogP contribution < -0.4 is 9.47 Å². The predicted molar refractivity (Wildman–Crippen MR) is 304 cm³/mol. The van der Waals surface area contributed by atoms with Crippen molar-refractivity contribution in [2.75, 3.05) is 14.1 Å². The summed E-state index contributed by atoms with van der Waals surface area (Å²) in [7, 11) is 4.25. The molecule has 0 saturated heterocycles. The fraction of sp³-hybridized carbons (Fsp3) is 0.130. The monoisotopic (exact) mass is 937 g/mol. The first-order valence-electron chi connectivity index (χ1n) is 25.0. The van der Waals surface area contributed by atoms with Crippen molar-refractivity contribution >= 4 is 5.70 Å². The zero-order chi connectivity index (χ0) is 49.9. The molecule has 1 heterocycles. The van der Waals surface area contributed by atoms with E-state index in [4.69, 9.17) is 9.47 Å². The largest absolute Gasteiger partial charge is 0.449 e. The third-order valence-electron chi connectivity index (χ3n) is 14.0. The van der Waals surface area contributed by atoms with Crippen molar-refractivity contribution in [1.29, 1.82) is 0 Å². The molecule has 4 atom stereocenters. The first kappa shape index (κ1) is 48.6. The molecule has 7 aromatic rings. The highest BCUT2D eigenvalue weighted by molar-refractivity contribution is 5.75. The van der Waals surface area contributed by atoms with E-state index in [1.165, 1.54) is 55.8 Å². The molecule has 3 aliphatic carbocycles. The number of rotatable bonds is 11. The zero-order valence-electron chi connectivity index (χ0n) is 41.7. The average molecular weight is 938 g/mol. The van der Waals surface area contributed by atoms with Crippen molar-refractivity contribution in [2.45, 2.75) is 37.0 Å². The highest BCUT2D eigenvalue weighted by atomic mass is 16.6. The van der Waals surface area contributed by atoms with Crippen molar-refractivity contribution in [1.82, 2.24) is 4.90 Å². The number of ether oxygens (including phenoxy) is 2. The molecule has 0 radical (unpaired) electrons. The molecule has 1 aliphatic heterocycles. The van der Waals surface area contributed by atoms with Crippen molar-refractivity contribution in [3.05, 3.63) is 308 Å². The van der Waals surface area contributed by atoms with Crippen molar-refractivity contribution in [3.63, 3.8) is 0 Å². The Kier molecular flexibility index (Phi) is 15.2.